The van der Waals surface area contributed by atoms with E-state index in [2.05, 4.69) is 29.2 Å². The van der Waals surface area contributed by atoms with E-state index in [4.69, 9.17) is 5.84 Å². The fraction of sp³-hybridized carbons (Fsp3) is 0.545. The Morgan fingerprint density at radius 3 is 3.06 bits per heavy atom. The first-order valence-corrected chi connectivity index (χ1v) is 6.89. The van der Waals surface area contributed by atoms with Gasteiger partial charge in [-0.25, -0.2) is 10.8 Å². The number of hydrogen-bond donors (Lipinski definition) is 2. The molecule has 0 aromatic carbocycles. The number of nitrogens with zero attached hydrogens (tertiary/aromatic N) is 3. The minimum absolute atomic E-state index is 0.0840. The molecule has 0 spiro atoms. The third-order valence-corrected chi connectivity index (χ3v) is 4.48. The van der Waals surface area contributed by atoms with E-state index in [1.807, 2.05) is 16.7 Å². The number of anilines is 1. The minimum Gasteiger partial charge on any atom is -0.333 e. The number of carbonyl (C=O) groups excluding carboxylic acids is 1. The molecule has 1 fully saturated rings. The zero-order chi connectivity index (χ0) is 13.1. The molecule has 2 heterocycles. The molecule has 1 amide bonds. The summed E-state index contributed by atoms with van der Waals surface area (Å²) in [6, 6.07) is 0.201. The van der Waals surface area contributed by atoms with Crippen LogP contribution < -0.4 is 11.3 Å². The summed E-state index contributed by atoms with van der Waals surface area (Å²) < 4.78 is 0. The number of thioether (sulfide) groups is 1. The van der Waals surface area contributed by atoms with Crippen LogP contribution >= 0.6 is 11.8 Å². The standard InChI is InChI=1S/C11H17N5OS/c1-7-8(2)18-4-3-16(7)11(17)9-5-13-6-10(14-9)15-12/h5-8H,3-4,12H2,1-2H3,(H,14,15). The summed E-state index contributed by atoms with van der Waals surface area (Å²) in [5.41, 5.74) is 2.73. The smallest absolute Gasteiger partial charge is 0.274 e. The maximum atomic E-state index is 12.4. The molecule has 3 N–H and O–H groups in total. The average molecular weight is 267 g/mol. The fourth-order valence-corrected chi connectivity index (χ4v) is 3.00. The van der Waals surface area contributed by atoms with Crippen molar-refractivity contribution in [3.63, 3.8) is 0 Å². The summed E-state index contributed by atoms with van der Waals surface area (Å²) in [7, 11) is 0. The van der Waals surface area contributed by atoms with Crippen molar-refractivity contribution in [2.24, 2.45) is 5.84 Å². The lowest BCUT2D eigenvalue weighted by Crippen LogP contribution is -2.48. The number of hydrazine groups is 1. The zero-order valence-electron chi connectivity index (χ0n) is 10.5. The quantitative estimate of drug-likeness (QED) is 0.607. The van der Waals surface area contributed by atoms with Gasteiger partial charge in [-0.2, -0.15) is 11.8 Å². The Labute approximate surface area is 110 Å². The van der Waals surface area contributed by atoms with Gasteiger partial charge < -0.3 is 10.3 Å². The van der Waals surface area contributed by atoms with E-state index in [0.29, 0.717) is 16.8 Å². The van der Waals surface area contributed by atoms with Crippen LogP contribution in [0.1, 0.15) is 24.3 Å². The van der Waals surface area contributed by atoms with Crippen LogP contribution in [0.25, 0.3) is 0 Å². The Morgan fingerprint density at radius 2 is 2.33 bits per heavy atom. The first-order valence-electron chi connectivity index (χ1n) is 5.84. The van der Waals surface area contributed by atoms with Crippen molar-refractivity contribution in [2.75, 3.05) is 17.7 Å². The lowest BCUT2D eigenvalue weighted by atomic mass is 10.2. The van der Waals surface area contributed by atoms with E-state index >= 15 is 0 Å². The highest BCUT2D eigenvalue weighted by atomic mass is 32.2. The predicted molar refractivity (Wildman–Crippen MR) is 72.3 cm³/mol. The van der Waals surface area contributed by atoms with Crippen LogP contribution in [-0.2, 0) is 0 Å². The Balaban J connectivity index is 2.19. The predicted octanol–water partition coefficient (Wildman–Crippen LogP) is 0.728. The molecule has 18 heavy (non-hydrogen) atoms. The molecule has 0 bridgehead atoms. The number of carbonyl (C=O) groups is 1. The highest BCUT2D eigenvalue weighted by molar-refractivity contribution is 8.00. The maximum Gasteiger partial charge on any atom is 0.274 e. The number of nitrogens with two attached hydrogens (primary N) is 1. The molecule has 2 unspecified atom stereocenters. The fourth-order valence-electron chi connectivity index (χ4n) is 1.91. The highest BCUT2D eigenvalue weighted by Gasteiger charge is 2.30. The van der Waals surface area contributed by atoms with Crippen LogP contribution in [0.5, 0.6) is 0 Å². The SMILES string of the molecule is CC1SCCN(C(=O)c2cncc(NN)n2)C1C. The second-order valence-electron chi connectivity index (χ2n) is 4.25. The van der Waals surface area contributed by atoms with Crippen LogP contribution in [0.15, 0.2) is 12.4 Å². The van der Waals surface area contributed by atoms with Gasteiger partial charge in [-0.3, -0.25) is 9.78 Å². The van der Waals surface area contributed by atoms with Gasteiger partial charge in [-0.05, 0) is 6.92 Å². The summed E-state index contributed by atoms with van der Waals surface area (Å²) in [5, 5.41) is 0.437. The number of nitrogens with one attached hydrogen (secondary N) is 1. The first-order chi connectivity index (χ1) is 8.63. The molecule has 6 nitrogen and oxygen atoms in total. The molecular weight excluding hydrogens is 250 g/mol. The summed E-state index contributed by atoms with van der Waals surface area (Å²) in [6.07, 6.45) is 2.96. The van der Waals surface area contributed by atoms with E-state index in [1.54, 1.807) is 0 Å². The average Bonchev–Trinajstić information content (AvgIpc) is 2.41. The molecule has 1 aromatic heterocycles. The van der Waals surface area contributed by atoms with Gasteiger partial charge in [0.2, 0.25) is 0 Å². The maximum absolute atomic E-state index is 12.4. The van der Waals surface area contributed by atoms with E-state index in [9.17, 15) is 4.79 Å². The van der Waals surface area contributed by atoms with Crippen molar-refractivity contribution in [3.05, 3.63) is 18.1 Å². The van der Waals surface area contributed by atoms with Crippen LogP contribution in [0, 0.1) is 0 Å². The van der Waals surface area contributed by atoms with E-state index in [1.165, 1.54) is 12.4 Å². The van der Waals surface area contributed by atoms with Gasteiger partial charge in [0, 0.05) is 23.6 Å². The van der Waals surface area contributed by atoms with E-state index in [-0.39, 0.29) is 11.9 Å². The number of amides is 1. The van der Waals surface area contributed by atoms with Crippen molar-refractivity contribution < 1.29 is 4.79 Å². The summed E-state index contributed by atoms with van der Waals surface area (Å²) >= 11 is 1.89. The van der Waals surface area contributed by atoms with Gasteiger partial charge in [-0.15, -0.1) is 0 Å². The van der Waals surface area contributed by atoms with Gasteiger partial charge in [-0.1, -0.05) is 6.92 Å². The van der Waals surface area contributed by atoms with E-state index < -0.39 is 0 Å². The third kappa shape index (κ3) is 2.56. The number of nitrogen functional groups attached to an aromatic ring is 1. The van der Waals surface area contributed by atoms with Crippen LogP contribution in [0.4, 0.5) is 5.82 Å². The van der Waals surface area contributed by atoms with E-state index in [0.717, 1.165) is 12.3 Å². The van der Waals surface area contributed by atoms with Crippen LogP contribution in [0.3, 0.4) is 0 Å². The van der Waals surface area contributed by atoms with Crippen molar-refractivity contribution in [3.8, 4) is 0 Å². The molecule has 0 aliphatic carbocycles. The summed E-state index contributed by atoms with van der Waals surface area (Å²) in [4.78, 5) is 22.3. The van der Waals surface area contributed by atoms with Gasteiger partial charge in [0.15, 0.2) is 5.82 Å². The second-order valence-corrected chi connectivity index (χ2v) is 5.73. The molecule has 1 aromatic rings. The molecule has 1 saturated heterocycles. The van der Waals surface area contributed by atoms with Crippen molar-refractivity contribution >= 4 is 23.5 Å². The van der Waals surface area contributed by atoms with Crippen molar-refractivity contribution in [1.82, 2.24) is 14.9 Å². The molecule has 1 aliphatic rings. The molecule has 2 atom stereocenters. The van der Waals surface area contributed by atoms with Gasteiger partial charge in [0.05, 0.1) is 12.4 Å². The molecule has 7 heteroatoms. The largest absolute Gasteiger partial charge is 0.333 e. The van der Waals surface area contributed by atoms with Gasteiger partial charge in [0.1, 0.15) is 5.69 Å². The first kappa shape index (κ1) is 13.1. The molecular formula is C11H17N5OS. The lowest BCUT2D eigenvalue weighted by molar-refractivity contribution is 0.0692. The second kappa shape index (κ2) is 5.53. The van der Waals surface area contributed by atoms with Crippen LogP contribution in [0.2, 0.25) is 0 Å². The summed E-state index contributed by atoms with van der Waals surface area (Å²) in [5.74, 6) is 6.54. The number of hydrogen-bond acceptors (Lipinski definition) is 6. The minimum atomic E-state index is -0.0840. The molecule has 0 radical (unpaired) electrons. The Bertz CT molecular complexity index is 441. The zero-order valence-corrected chi connectivity index (χ0v) is 11.3. The lowest BCUT2D eigenvalue weighted by Gasteiger charge is -2.37. The van der Waals surface area contributed by atoms with Crippen molar-refractivity contribution in [2.45, 2.75) is 25.1 Å². The molecule has 2 rings (SSSR count). The molecule has 98 valence electrons. The number of rotatable bonds is 2. The molecule has 1 aliphatic heterocycles. The summed E-state index contributed by atoms with van der Waals surface area (Å²) in [6.45, 7) is 4.95. The van der Waals surface area contributed by atoms with Gasteiger partial charge in [0.25, 0.3) is 5.91 Å². The Morgan fingerprint density at radius 1 is 1.56 bits per heavy atom. The van der Waals surface area contributed by atoms with Crippen molar-refractivity contribution in [1.29, 1.82) is 0 Å². The third-order valence-electron chi connectivity index (χ3n) is 3.15. The van der Waals surface area contributed by atoms with Crippen LogP contribution in [-0.4, -0.2) is 44.4 Å². The highest BCUT2D eigenvalue weighted by Crippen LogP contribution is 2.25. The molecule has 0 saturated carbocycles. The monoisotopic (exact) mass is 267 g/mol. The normalized spacial score (nSPS) is 23.8. The topological polar surface area (TPSA) is 84.1 Å². The Hall–Kier alpha value is -1.34. The Kier molecular flexibility index (Phi) is 4.03. The van der Waals surface area contributed by atoms with Gasteiger partial charge >= 0.3 is 0 Å². The number of aromatic nitrogens is 2.